The van der Waals surface area contributed by atoms with Gasteiger partial charge < -0.3 is 9.80 Å². The second kappa shape index (κ2) is 3.32. The molecule has 0 saturated heterocycles. The van der Waals surface area contributed by atoms with Crippen LogP contribution in [0.2, 0.25) is 5.28 Å². The van der Waals surface area contributed by atoms with Crippen molar-refractivity contribution in [1.29, 1.82) is 0 Å². The highest BCUT2D eigenvalue weighted by Crippen LogP contribution is 2.46. The van der Waals surface area contributed by atoms with Crippen LogP contribution in [0.25, 0.3) is 0 Å². The maximum atomic E-state index is 12.4. The minimum atomic E-state index is -0.403. The van der Waals surface area contributed by atoms with E-state index in [9.17, 15) is 4.79 Å². The van der Waals surface area contributed by atoms with Crippen LogP contribution in [-0.4, -0.2) is 35.5 Å². The number of carbonyl (C=O) groups excluding carboxylic acids is 1. The summed E-state index contributed by atoms with van der Waals surface area (Å²) >= 11 is 5.83. The maximum Gasteiger partial charge on any atom is 0.252 e. The lowest BCUT2D eigenvalue weighted by Gasteiger charge is -2.52. The summed E-state index contributed by atoms with van der Waals surface area (Å²) in [6, 6.07) is 0. The number of aromatic nitrogens is 2. The number of likely N-dealkylation sites (N-methyl/N-ethyl adjacent to an activating group) is 2. The number of fused-ring (bicyclic) bond motifs is 1. The molecule has 3 rings (SSSR count). The van der Waals surface area contributed by atoms with Crippen molar-refractivity contribution in [2.75, 3.05) is 23.9 Å². The van der Waals surface area contributed by atoms with Crippen LogP contribution < -0.4 is 9.80 Å². The molecule has 1 aromatic heterocycles. The first-order valence-corrected chi connectivity index (χ1v) is 5.98. The average molecular weight is 253 g/mol. The van der Waals surface area contributed by atoms with Crippen LogP contribution in [0.3, 0.4) is 0 Å². The van der Waals surface area contributed by atoms with Crippen LogP contribution >= 0.6 is 11.6 Å². The molecule has 2 heterocycles. The fourth-order valence-electron chi connectivity index (χ4n) is 2.66. The fraction of sp³-hybridized carbons (Fsp3) is 0.545. The van der Waals surface area contributed by atoms with Gasteiger partial charge >= 0.3 is 0 Å². The normalized spacial score (nSPS) is 21.5. The Balaban J connectivity index is 2.17. The first kappa shape index (κ1) is 10.8. The number of amides is 1. The first-order valence-electron chi connectivity index (χ1n) is 5.61. The lowest BCUT2D eigenvalue weighted by Crippen LogP contribution is -2.65. The quantitative estimate of drug-likeness (QED) is 0.656. The van der Waals surface area contributed by atoms with E-state index in [1.165, 1.54) is 0 Å². The zero-order valence-corrected chi connectivity index (χ0v) is 10.5. The molecule has 1 fully saturated rings. The third-order valence-corrected chi connectivity index (χ3v) is 4.11. The zero-order chi connectivity index (χ0) is 12.2. The van der Waals surface area contributed by atoms with Crippen LogP contribution in [0.4, 0.5) is 11.5 Å². The summed E-state index contributed by atoms with van der Waals surface area (Å²) in [7, 11) is 3.68. The molecule has 1 amide bonds. The van der Waals surface area contributed by atoms with Gasteiger partial charge in [0.1, 0.15) is 11.2 Å². The molecule has 1 spiro atoms. The van der Waals surface area contributed by atoms with E-state index >= 15 is 0 Å². The van der Waals surface area contributed by atoms with Gasteiger partial charge in [0.05, 0.1) is 6.20 Å². The van der Waals surface area contributed by atoms with E-state index in [1.54, 1.807) is 18.1 Å². The minimum absolute atomic E-state index is 0.129. The van der Waals surface area contributed by atoms with E-state index in [0.717, 1.165) is 30.8 Å². The summed E-state index contributed by atoms with van der Waals surface area (Å²) in [5, 5.41) is 0.216. The molecular weight excluding hydrogens is 240 g/mol. The van der Waals surface area contributed by atoms with Gasteiger partial charge in [0.15, 0.2) is 5.82 Å². The molecule has 90 valence electrons. The Kier molecular flexibility index (Phi) is 2.10. The fourth-order valence-corrected chi connectivity index (χ4v) is 2.79. The van der Waals surface area contributed by atoms with Crippen molar-refractivity contribution in [1.82, 2.24) is 9.97 Å². The van der Waals surface area contributed by atoms with Crippen molar-refractivity contribution in [3.63, 3.8) is 0 Å². The van der Waals surface area contributed by atoms with Crippen LogP contribution in [0.5, 0.6) is 0 Å². The van der Waals surface area contributed by atoms with Gasteiger partial charge in [-0.3, -0.25) is 4.79 Å². The van der Waals surface area contributed by atoms with Crippen LogP contribution in [0.1, 0.15) is 19.3 Å². The molecule has 0 bridgehead atoms. The van der Waals surface area contributed by atoms with E-state index in [4.69, 9.17) is 11.6 Å². The van der Waals surface area contributed by atoms with E-state index in [0.29, 0.717) is 0 Å². The molecule has 5 nitrogen and oxygen atoms in total. The van der Waals surface area contributed by atoms with Crippen LogP contribution in [0, 0.1) is 0 Å². The van der Waals surface area contributed by atoms with E-state index in [2.05, 4.69) is 9.97 Å². The van der Waals surface area contributed by atoms with Crippen molar-refractivity contribution < 1.29 is 4.79 Å². The van der Waals surface area contributed by atoms with Crippen LogP contribution in [-0.2, 0) is 4.79 Å². The largest absolute Gasteiger partial charge is 0.343 e. The predicted molar refractivity (Wildman–Crippen MR) is 65.4 cm³/mol. The molecule has 0 N–H and O–H groups in total. The third-order valence-electron chi connectivity index (χ3n) is 3.93. The minimum Gasteiger partial charge on any atom is -0.343 e. The number of halogens is 1. The van der Waals surface area contributed by atoms with Gasteiger partial charge in [0.25, 0.3) is 5.91 Å². The van der Waals surface area contributed by atoms with E-state index in [1.807, 2.05) is 11.9 Å². The summed E-state index contributed by atoms with van der Waals surface area (Å²) in [6.07, 6.45) is 4.45. The molecule has 1 aliphatic carbocycles. The molecule has 0 atom stereocenters. The Labute approximate surface area is 104 Å². The number of hydrogen-bond donors (Lipinski definition) is 0. The number of hydrogen-bond acceptors (Lipinski definition) is 4. The van der Waals surface area contributed by atoms with Gasteiger partial charge in [-0.2, -0.15) is 4.98 Å². The summed E-state index contributed by atoms with van der Waals surface area (Å²) in [4.78, 5) is 24.2. The second-order valence-electron chi connectivity index (χ2n) is 4.66. The molecule has 17 heavy (non-hydrogen) atoms. The van der Waals surface area contributed by atoms with Gasteiger partial charge in [-0.05, 0) is 30.9 Å². The van der Waals surface area contributed by atoms with E-state index < -0.39 is 5.54 Å². The highest BCUT2D eigenvalue weighted by molar-refractivity contribution is 6.28. The lowest BCUT2D eigenvalue weighted by atomic mass is 9.73. The van der Waals surface area contributed by atoms with E-state index in [-0.39, 0.29) is 11.2 Å². The van der Waals surface area contributed by atoms with Gasteiger partial charge in [0.2, 0.25) is 5.28 Å². The molecular formula is C11H13ClN4O. The van der Waals surface area contributed by atoms with Crippen molar-refractivity contribution >= 4 is 29.0 Å². The maximum absolute atomic E-state index is 12.4. The summed E-state index contributed by atoms with van der Waals surface area (Å²) in [6.45, 7) is 0. The van der Waals surface area contributed by atoms with Crippen molar-refractivity contribution in [2.24, 2.45) is 0 Å². The third kappa shape index (κ3) is 1.23. The first-order chi connectivity index (χ1) is 8.06. The Morgan fingerprint density at radius 2 is 2.12 bits per heavy atom. The molecule has 6 heteroatoms. The SMILES string of the molecule is CN1C(=O)C2(CCC2)N(C)c2nc(Cl)ncc21. The van der Waals surface area contributed by atoms with Gasteiger partial charge in [-0.15, -0.1) is 0 Å². The highest BCUT2D eigenvalue weighted by atomic mass is 35.5. The topological polar surface area (TPSA) is 49.3 Å². The smallest absolute Gasteiger partial charge is 0.252 e. The monoisotopic (exact) mass is 252 g/mol. The molecule has 0 aromatic carbocycles. The van der Waals surface area contributed by atoms with Gasteiger partial charge in [-0.25, -0.2) is 4.98 Å². The van der Waals surface area contributed by atoms with Crippen molar-refractivity contribution in [3.05, 3.63) is 11.5 Å². The molecule has 1 aliphatic heterocycles. The Morgan fingerprint density at radius 1 is 1.41 bits per heavy atom. The molecule has 1 saturated carbocycles. The molecule has 0 unspecified atom stereocenters. The Hall–Kier alpha value is -1.36. The Morgan fingerprint density at radius 3 is 2.71 bits per heavy atom. The summed E-state index contributed by atoms with van der Waals surface area (Å²) in [5.74, 6) is 0.872. The van der Waals surface area contributed by atoms with Crippen molar-refractivity contribution in [2.45, 2.75) is 24.8 Å². The Bertz CT molecular complexity index is 500. The summed E-state index contributed by atoms with van der Waals surface area (Å²) in [5.41, 5.74) is 0.318. The van der Waals surface area contributed by atoms with Gasteiger partial charge in [-0.1, -0.05) is 0 Å². The number of carbonyl (C=O) groups is 1. The lowest BCUT2D eigenvalue weighted by molar-refractivity contribution is -0.126. The predicted octanol–water partition coefficient (Wildman–Crippen LogP) is 1.47. The molecule has 1 aromatic rings. The number of rotatable bonds is 0. The molecule has 2 aliphatic rings. The average Bonchev–Trinajstić information content (AvgIpc) is 2.24. The summed E-state index contributed by atoms with van der Waals surface area (Å²) < 4.78 is 0. The second-order valence-corrected chi connectivity index (χ2v) is 4.99. The standard InChI is InChI=1S/C11H13ClN4O/c1-15-7-6-13-10(12)14-8(7)16(2)11(9(15)17)4-3-5-11/h6H,3-5H2,1-2H3. The number of anilines is 2. The molecule has 0 radical (unpaired) electrons. The van der Waals surface area contributed by atoms with Gasteiger partial charge in [0, 0.05) is 14.1 Å². The van der Waals surface area contributed by atoms with Crippen LogP contribution in [0.15, 0.2) is 6.20 Å². The zero-order valence-electron chi connectivity index (χ0n) is 9.77. The highest BCUT2D eigenvalue weighted by Gasteiger charge is 2.53. The number of nitrogens with zero attached hydrogens (tertiary/aromatic N) is 4. The van der Waals surface area contributed by atoms with Crippen molar-refractivity contribution in [3.8, 4) is 0 Å².